The van der Waals surface area contributed by atoms with E-state index in [0.717, 1.165) is 20.8 Å². The van der Waals surface area contributed by atoms with E-state index < -0.39 is 17.2 Å². The van der Waals surface area contributed by atoms with Crippen molar-refractivity contribution in [2.45, 2.75) is 26.6 Å². The number of hydrogen-bond donors (Lipinski definition) is 1. The van der Waals surface area contributed by atoms with Crippen molar-refractivity contribution in [2.24, 2.45) is 0 Å². The third-order valence-corrected chi connectivity index (χ3v) is 5.40. The van der Waals surface area contributed by atoms with Gasteiger partial charge in [-0.15, -0.1) is 11.3 Å². The molecule has 8 nitrogen and oxygen atoms in total. The molecule has 3 aromatic heterocycles. The fraction of sp³-hybridized carbons (Fsp3) is 0.182. The van der Waals surface area contributed by atoms with Crippen molar-refractivity contribution in [2.75, 3.05) is 0 Å². The first-order valence-corrected chi connectivity index (χ1v) is 10.5. The topological polar surface area (TPSA) is 99.1 Å². The lowest BCUT2D eigenvalue weighted by Crippen LogP contribution is -2.43. The summed E-state index contributed by atoms with van der Waals surface area (Å²) in [5.74, 6) is 0.715. The highest BCUT2D eigenvalue weighted by Gasteiger charge is 2.12. The fourth-order valence-electron chi connectivity index (χ4n) is 3.08. The Bertz CT molecular complexity index is 1320. The maximum absolute atomic E-state index is 12.7. The third kappa shape index (κ3) is 4.89. The van der Waals surface area contributed by atoms with Gasteiger partial charge in [0.2, 0.25) is 5.91 Å². The third-order valence-electron chi connectivity index (χ3n) is 4.63. The van der Waals surface area contributed by atoms with Crippen LogP contribution in [0.15, 0.2) is 74.1 Å². The van der Waals surface area contributed by atoms with Crippen molar-refractivity contribution in [1.29, 1.82) is 0 Å². The minimum atomic E-state index is -0.536. The van der Waals surface area contributed by atoms with Gasteiger partial charge in [0.05, 0.1) is 18.1 Å². The van der Waals surface area contributed by atoms with Crippen molar-refractivity contribution in [3.8, 4) is 11.5 Å². The second-order valence-electron chi connectivity index (χ2n) is 6.93. The first-order chi connectivity index (χ1) is 15.0. The number of amides is 1. The average molecular weight is 436 g/mol. The second kappa shape index (κ2) is 8.97. The first-order valence-electron chi connectivity index (χ1n) is 9.62. The number of carbonyl (C=O) groups excluding carboxylic acids is 1. The normalized spacial score (nSPS) is 10.9. The van der Waals surface area contributed by atoms with Crippen LogP contribution >= 0.6 is 11.3 Å². The Morgan fingerprint density at radius 1 is 1.13 bits per heavy atom. The van der Waals surface area contributed by atoms with Gasteiger partial charge in [-0.05, 0) is 24.6 Å². The van der Waals surface area contributed by atoms with E-state index in [4.69, 9.17) is 4.42 Å². The van der Waals surface area contributed by atoms with Gasteiger partial charge in [-0.2, -0.15) is 0 Å². The molecule has 4 rings (SSSR count). The summed E-state index contributed by atoms with van der Waals surface area (Å²) in [7, 11) is 0. The summed E-state index contributed by atoms with van der Waals surface area (Å²) >= 11 is 1.53. The number of furan rings is 1. The Morgan fingerprint density at radius 2 is 1.94 bits per heavy atom. The van der Waals surface area contributed by atoms with Crippen LogP contribution < -0.4 is 16.6 Å². The molecule has 0 radical (unpaired) electrons. The van der Waals surface area contributed by atoms with Crippen LogP contribution in [0.5, 0.6) is 0 Å². The van der Waals surface area contributed by atoms with Crippen molar-refractivity contribution < 1.29 is 9.21 Å². The number of nitrogens with zero attached hydrogens (tertiary/aromatic N) is 3. The lowest BCUT2D eigenvalue weighted by molar-refractivity contribution is -0.122. The summed E-state index contributed by atoms with van der Waals surface area (Å²) in [6, 6.07) is 14.2. The van der Waals surface area contributed by atoms with Gasteiger partial charge in [0.1, 0.15) is 18.0 Å². The van der Waals surface area contributed by atoms with Crippen molar-refractivity contribution >= 4 is 17.2 Å². The summed E-state index contributed by atoms with van der Waals surface area (Å²) in [5, 5.41) is 5.52. The summed E-state index contributed by atoms with van der Waals surface area (Å²) in [6.45, 7) is 2.00. The van der Waals surface area contributed by atoms with Gasteiger partial charge in [0.25, 0.3) is 5.56 Å². The van der Waals surface area contributed by atoms with Gasteiger partial charge in [-0.25, -0.2) is 9.78 Å². The van der Waals surface area contributed by atoms with Crippen LogP contribution in [0, 0.1) is 6.92 Å². The SMILES string of the molecule is Cc1nc(-c2ccc(CNC(=O)Cn3c(=O)ccn(Cc4ccccc4)c3=O)o2)cs1. The Labute approximate surface area is 181 Å². The van der Waals surface area contributed by atoms with Crippen LogP contribution in [0.3, 0.4) is 0 Å². The van der Waals surface area contributed by atoms with Gasteiger partial charge in [-0.3, -0.25) is 18.7 Å². The molecule has 9 heteroatoms. The van der Waals surface area contributed by atoms with Crippen LogP contribution in [0.25, 0.3) is 11.5 Å². The molecule has 3 heterocycles. The maximum Gasteiger partial charge on any atom is 0.331 e. The molecule has 4 aromatic rings. The Balaban J connectivity index is 1.42. The molecule has 1 N–H and O–H groups in total. The first kappa shape index (κ1) is 20.5. The molecule has 0 aliphatic carbocycles. The molecular formula is C22H20N4O4S. The molecule has 0 atom stereocenters. The van der Waals surface area contributed by atoms with E-state index in [0.29, 0.717) is 18.1 Å². The van der Waals surface area contributed by atoms with Crippen LogP contribution in [0.1, 0.15) is 16.3 Å². The number of aromatic nitrogens is 3. The molecule has 158 valence electrons. The van der Waals surface area contributed by atoms with Crippen molar-refractivity contribution in [3.63, 3.8) is 0 Å². The molecule has 0 saturated carbocycles. The Morgan fingerprint density at radius 3 is 2.68 bits per heavy atom. The predicted octanol–water partition coefficient (Wildman–Crippen LogP) is 2.40. The quantitative estimate of drug-likeness (QED) is 0.480. The van der Waals surface area contributed by atoms with Gasteiger partial charge < -0.3 is 9.73 Å². The zero-order valence-corrected chi connectivity index (χ0v) is 17.6. The molecule has 0 fully saturated rings. The summed E-state index contributed by atoms with van der Waals surface area (Å²) < 4.78 is 8.03. The van der Waals surface area contributed by atoms with Crippen LogP contribution in [0.4, 0.5) is 0 Å². The molecule has 1 amide bonds. The number of hydrogen-bond acceptors (Lipinski definition) is 6. The number of rotatable bonds is 7. The van der Waals surface area contributed by atoms with E-state index in [9.17, 15) is 14.4 Å². The van der Waals surface area contributed by atoms with Gasteiger partial charge in [-0.1, -0.05) is 30.3 Å². The largest absolute Gasteiger partial charge is 0.458 e. The fourth-order valence-corrected chi connectivity index (χ4v) is 3.68. The van der Waals surface area contributed by atoms with E-state index in [1.807, 2.05) is 42.6 Å². The molecule has 0 aliphatic heterocycles. The number of benzene rings is 1. The molecular weight excluding hydrogens is 416 g/mol. The summed E-state index contributed by atoms with van der Waals surface area (Å²) in [5.41, 5.74) is 0.604. The van der Waals surface area contributed by atoms with E-state index in [2.05, 4.69) is 10.3 Å². The number of carbonyl (C=O) groups is 1. The van der Waals surface area contributed by atoms with Gasteiger partial charge in [0.15, 0.2) is 5.76 Å². The smallest absolute Gasteiger partial charge is 0.331 e. The van der Waals surface area contributed by atoms with Gasteiger partial charge >= 0.3 is 5.69 Å². The zero-order chi connectivity index (χ0) is 21.8. The highest BCUT2D eigenvalue weighted by Crippen LogP contribution is 2.23. The second-order valence-corrected chi connectivity index (χ2v) is 7.99. The van der Waals surface area contributed by atoms with E-state index in [-0.39, 0.29) is 13.1 Å². The zero-order valence-electron chi connectivity index (χ0n) is 16.8. The Kier molecular flexibility index (Phi) is 5.94. The lowest BCUT2D eigenvalue weighted by atomic mass is 10.2. The summed E-state index contributed by atoms with van der Waals surface area (Å²) in [6.07, 6.45) is 1.44. The standard InChI is InChI=1S/C22H20N4O4S/c1-15-24-18(14-31-15)19-8-7-17(30-19)11-23-20(27)13-26-21(28)9-10-25(22(26)29)12-16-5-3-2-4-6-16/h2-10,14H,11-13H2,1H3,(H,23,27). The van der Waals surface area contributed by atoms with Crippen LogP contribution in [-0.4, -0.2) is 20.0 Å². The molecule has 0 aliphatic rings. The monoisotopic (exact) mass is 436 g/mol. The molecule has 0 bridgehead atoms. The van der Waals surface area contributed by atoms with E-state index >= 15 is 0 Å². The highest BCUT2D eigenvalue weighted by molar-refractivity contribution is 7.09. The van der Waals surface area contributed by atoms with Crippen LogP contribution in [-0.2, 0) is 24.4 Å². The average Bonchev–Trinajstić information content (AvgIpc) is 3.41. The number of aryl methyl sites for hydroxylation is 1. The van der Waals surface area contributed by atoms with Gasteiger partial charge in [0, 0.05) is 17.6 Å². The lowest BCUT2D eigenvalue weighted by Gasteiger charge is -2.10. The minimum Gasteiger partial charge on any atom is -0.458 e. The molecule has 0 unspecified atom stereocenters. The van der Waals surface area contributed by atoms with E-state index in [1.54, 1.807) is 12.1 Å². The van der Waals surface area contributed by atoms with Crippen LogP contribution in [0.2, 0.25) is 0 Å². The predicted molar refractivity (Wildman–Crippen MR) is 117 cm³/mol. The molecule has 1 aromatic carbocycles. The van der Waals surface area contributed by atoms with E-state index in [1.165, 1.54) is 28.2 Å². The molecule has 0 spiro atoms. The molecule has 31 heavy (non-hydrogen) atoms. The summed E-state index contributed by atoms with van der Waals surface area (Å²) in [4.78, 5) is 41.6. The molecule has 0 saturated heterocycles. The maximum atomic E-state index is 12.7. The highest BCUT2D eigenvalue weighted by atomic mass is 32.1. The number of nitrogens with one attached hydrogen (secondary N) is 1. The number of thiazole rings is 1. The Hall–Kier alpha value is -3.72. The van der Waals surface area contributed by atoms with Crippen molar-refractivity contribution in [3.05, 3.63) is 97.3 Å². The van der Waals surface area contributed by atoms with Crippen molar-refractivity contribution in [1.82, 2.24) is 19.4 Å². The minimum absolute atomic E-state index is 0.141.